The molecule has 0 aromatic carbocycles. The maximum Gasteiger partial charge on any atom is 0.0622 e. The van der Waals surface area contributed by atoms with Crippen molar-refractivity contribution < 1.29 is 4.74 Å². The molecule has 96 valence electrons. The predicted molar refractivity (Wildman–Crippen MR) is 69.7 cm³/mol. The summed E-state index contributed by atoms with van der Waals surface area (Å²) in [5, 5.41) is 3.59. The van der Waals surface area contributed by atoms with Gasteiger partial charge in [0, 0.05) is 13.2 Å². The number of methoxy groups -OCH3 is 1. The molecule has 1 fully saturated rings. The van der Waals surface area contributed by atoms with Crippen LogP contribution in [0.1, 0.15) is 59.3 Å². The zero-order chi connectivity index (χ0) is 12.0. The Hall–Kier alpha value is -0.0800. The van der Waals surface area contributed by atoms with E-state index in [2.05, 4.69) is 26.1 Å². The molecule has 0 aromatic heterocycles. The SMILES string of the molecule is CCNC1CCCC(CCC(C)(C)OC)C1. The van der Waals surface area contributed by atoms with Crippen LogP contribution in [0.25, 0.3) is 0 Å². The lowest BCUT2D eigenvalue weighted by atomic mass is 9.81. The minimum absolute atomic E-state index is 0.0606. The maximum atomic E-state index is 5.49. The number of ether oxygens (including phenoxy) is 1. The Labute approximate surface area is 101 Å². The molecule has 0 radical (unpaired) electrons. The van der Waals surface area contributed by atoms with E-state index < -0.39 is 0 Å². The molecular weight excluding hydrogens is 198 g/mol. The van der Waals surface area contributed by atoms with Crippen LogP contribution in [0.4, 0.5) is 0 Å². The van der Waals surface area contributed by atoms with Crippen LogP contribution in [0, 0.1) is 5.92 Å². The fourth-order valence-electron chi connectivity index (χ4n) is 2.68. The monoisotopic (exact) mass is 227 g/mol. The maximum absolute atomic E-state index is 5.49. The van der Waals surface area contributed by atoms with Gasteiger partial charge in [-0.05, 0) is 52.0 Å². The van der Waals surface area contributed by atoms with E-state index in [1.165, 1.54) is 38.5 Å². The van der Waals surface area contributed by atoms with Crippen molar-refractivity contribution in [1.82, 2.24) is 5.32 Å². The Kier molecular flexibility index (Phi) is 5.77. The van der Waals surface area contributed by atoms with Crippen molar-refractivity contribution >= 4 is 0 Å². The first-order valence-corrected chi connectivity index (χ1v) is 6.86. The zero-order valence-electron chi connectivity index (χ0n) is 11.5. The summed E-state index contributed by atoms with van der Waals surface area (Å²) in [7, 11) is 1.82. The minimum atomic E-state index is 0.0606. The summed E-state index contributed by atoms with van der Waals surface area (Å²) in [5.74, 6) is 0.909. The second kappa shape index (κ2) is 6.61. The average Bonchev–Trinajstić information content (AvgIpc) is 2.28. The molecule has 0 spiro atoms. The Morgan fingerprint density at radius 2 is 2.06 bits per heavy atom. The second-order valence-corrected chi connectivity index (χ2v) is 5.79. The molecule has 1 saturated carbocycles. The van der Waals surface area contributed by atoms with Gasteiger partial charge in [0.25, 0.3) is 0 Å². The molecule has 0 bridgehead atoms. The van der Waals surface area contributed by atoms with Gasteiger partial charge < -0.3 is 10.1 Å². The van der Waals surface area contributed by atoms with Crippen LogP contribution in [0.3, 0.4) is 0 Å². The highest BCUT2D eigenvalue weighted by atomic mass is 16.5. The second-order valence-electron chi connectivity index (χ2n) is 5.79. The summed E-state index contributed by atoms with van der Waals surface area (Å²) in [6, 6.07) is 0.773. The molecule has 0 aromatic rings. The normalized spacial score (nSPS) is 27.0. The highest BCUT2D eigenvalue weighted by Crippen LogP contribution is 2.30. The van der Waals surface area contributed by atoms with E-state index in [0.717, 1.165) is 18.5 Å². The quantitative estimate of drug-likeness (QED) is 0.751. The van der Waals surface area contributed by atoms with Gasteiger partial charge in [-0.15, -0.1) is 0 Å². The van der Waals surface area contributed by atoms with Crippen molar-refractivity contribution in [3.8, 4) is 0 Å². The van der Waals surface area contributed by atoms with Gasteiger partial charge in [-0.2, -0.15) is 0 Å². The topological polar surface area (TPSA) is 21.3 Å². The molecule has 0 saturated heterocycles. The zero-order valence-corrected chi connectivity index (χ0v) is 11.5. The third kappa shape index (κ3) is 4.84. The first kappa shape index (κ1) is 14.0. The number of nitrogens with one attached hydrogen (secondary N) is 1. The number of hydrogen-bond acceptors (Lipinski definition) is 2. The highest BCUT2D eigenvalue weighted by molar-refractivity contribution is 4.79. The van der Waals surface area contributed by atoms with Crippen molar-refractivity contribution in [1.29, 1.82) is 0 Å². The molecule has 0 aliphatic heterocycles. The summed E-state index contributed by atoms with van der Waals surface area (Å²) < 4.78 is 5.49. The van der Waals surface area contributed by atoms with E-state index in [9.17, 15) is 0 Å². The molecule has 2 atom stereocenters. The molecular formula is C14H29NO. The summed E-state index contributed by atoms with van der Waals surface area (Å²) in [6.45, 7) is 7.70. The Bertz CT molecular complexity index is 189. The van der Waals surface area contributed by atoms with Crippen LogP contribution in [0.15, 0.2) is 0 Å². The van der Waals surface area contributed by atoms with Gasteiger partial charge in [-0.3, -0.25) is 0 Å². The van der Waals surface area contributed by atoms with Crippen LogP contribution in [-0.4, -0.2) is 25.3 Å². The van der Waals surface area contributed by atoms with Gasteiger partial charge in [-0.25, -0.2) is 0 Å². The Morgan fingerprint density at radius 1 is 1.31 bits per heavy atom. The van der Waals surface area contributed by atoms with Crippen molar-refractivity contribution in [3.05, 3.63) is 0 Å². The van der Waals surface area contributed by atoms with Crippen LogP contribution in [-0.2, 0) is 4.74 Å². The molecule has 1 N–H and O–H groups in total. The van der Waals surface area contributed by atoms with Crippen molar-refractivity contribution in [2.45, 2.75) is 70.9 Å². The summed E-state index contributed by atoms with van der Waals surface area (Å²) >= 11 is 0. The van der Waals surface area contributed by atoms with Gasteiger partial charge in [0.1, 0.15) is 0 Å². The number of rotatable bonds is 6. The standard InChI is InChI=1S/C14H29NO/c1-5-15-13-8-6-7-12(11-13)9-10-14(2,3)16-4/h12-13,15H,5-11H2,1-4H3. The Morgan fingerprint density at radius 3 is 2.69 bits per heavy atom. The van der Waals surface area contributed by atoms with Gasteiger partial charge in [0.2, 0.25) is 0 Å². The lowest BCUT2D eigenvalue weighted by molar-refractivity contribution is 0.00858. The lowest BCUT2D eigenvalue weighted by Crippen LogP contribution is -2.34. The van der Waals surface area contributed by atoms with E-state index in [0.29, 0.717) is 0 Å². The molecule has 2 nitrogen and oxygen atoms in total. The summed E-state index contributed by atoms with van der Waals surface area (Å²) in [4.78, 5) is 0. The fraction of sp³-hybridized carbons (Fsp3) is 1.00. The van der Waals surface area contributed by atoms with Gasteiger partial charge in [0.05, 0.1) is 5.60 Å². The fourth-order valence-corrected chi connectivity index (χ4v) is 2.68. The molecule has 1 rings (SSSR count). The third-order valence-corrected chi connectivity index (χ3v) is 3.98. The van der Waals surface area contributed by atoms with Crippen molar-refractivity contribution in [2.24, 2.45) is 5.92 Å². The molecule has 1 aliphatic rings. The van der Waals surface area contributed by atoms with E-state index in [4.69, 9.17) is 4.74 Å². The third-order valence-electron chi connectivity index (χ3n) is 3.98. The average molecular weight is 227 g/mol. The van der Waals surface area contributed by atoms with Gasteiger partial charge in [0.15, 0.2) is 0 Å². The minimum Gasteiger partial charge on any atom is -0.379 e. The van der Waals surface area contributed by atoms with Crippen LogP contribution < -0.4 is 5.32 Å². The van der Waals surface area contributed by atoms with Crippen molar-refractivity contribution in [2.75, 3.05) is 13.7 Å². The van der Waals surface area contributed by atoms with Gasteiger partial charge in [-0.1, -0.05) is 19.8 Å². The largest absolute Gasteiger partial charge is 0.379 e. The summed E-state index contributed by atoms with van der Waals surface area (Å²) in [6.07, 6.45) is 8.07. The van der Waals surface area contributed by atoms with Crippen LogP contribution in [0.2, 0.25) is 0 Å². The Balaban J connectivity index is 2.26. The predicted octanol–water partition coefficient (Wildman–Crippen LogP) is 3.36. The lowest BCUT2D eigenvalue weighted by Gasteiger charge is -2.32. The van der Waals surface area contributed by atoms with E-state index in [1.807, 2.05) is 7.11 Å². The number of hydrogen-bond donors (Lipinski definition) is 1. The molecule has 2 unspecified atom stereocenters. The first-order valence-electron chi connectivity index (χ1n) is 6.86. The molecule has 1 aliphatic carbocycles. The molecule has 0 amide bonds. The van der Waals surface area contributed by atoms with Gasteiger partial charge >= 0.3 is 0 Å². The molecule has 16 heavy (non-hydrogen) atoms. The highest BCUT2D eigenvalue weighted by Gasteiger charge is 2.24. The molecule has 2 heteroatoms. The van der Waals surface area contributed by atoms with E-state index >= 15 is 0 Å². The summed E-state index contributed by atoms with van der Waals surface area (Å²) in [5.41, 5.74) is 0.0606. The smallest absolute Gasteiger partial charge is 0.0622 e. The van der Waals surface area contributed by atoms with Crippen molar-refractivity contribution in [3.63, 3.8) is 0 Å². The van der Waals surface area contributed by atoms with E-state index in [-0.39, 0.29) is 5.60 Å². The first-order chi connectivity index (χ1) is 7.57. The van der Waals surface area contributed by atoms with E-state index in [1.54, 1.807) is 0 Å². The van der Waals surface area contributed by atoms with Crippen LogP contribution >= 0.6 is 0 Å². The molecule has 0 heterocycles. The van der Waals surface area contributed by atoms with Crippen LogP contribution in [0.5, 0.6) is 0 Å².